The number of amides is 1. The van der Waals surface area contributed by atoms with Crippen molar-refractivity contribution in [3.05, 3.63) is 70.4 Å². The highest BCUT2D eigenvalue weighted by atomic mass is 79.9. The minimum Gasteiger partial charge on any atom is -0.493 e. The van der Waals surface area contributed by atoms with Gasteiger partial charge < -0.3 is 19.2 Å². The van der Waals surface area contributed by atoms with Crippen molar-refractivity contribution in [2.75, 3.05) is 14.2 Å². The molecule has 0 aliphatic rings. The molecule has 3 rings (SSSR count). The lowest BCUT2D eigenvalue weighted by Crippen LogP contribution is -2.22. The van der Waals surface area contributed by atoms with Gasteiger partial charge in [-0.25, -0.2) is 0 Å². The second kappa shape index (κ2) is 9.46. The monoisotopic (exact) mass is 443 g/mol. The normalized spacial score (nSPS) is 10.5. The molecule has 0 aliphatic heterocycles. The highest BCUT2D eigenvalue weighted by molar-refractivity contribution is 9.10. The maximum Gasteiger partial charge on any atom is 0.220 e. The minimum absolute atomic E-state index is 0.0496. The van der Waals surface area contributed by atoms with E-state index < -0.39 is 0 Å². The number of para-hydroxylation sites is 1. The molecule has 0 aliphatic carbocycles. The molecular formula is C22H22BrNO4. The van der Waals surface area contributed by atoms with Gasteiger partial charge in [-0.15, -0.1) is 0 Å². The van der Waals surface area contributed by atoms with Crippen LogP contribution < -0.4 is 14.8 Å². The summed E-state index contributed by atoms with van der Waals surface area (Å²) in [5.41, 5.74) is 1.93. The van der Waals surface area contributed by atoms with Gasteiger partial charge >= 0.3 is 0 Å². The van der Waals surface area contributed by atoms with Crippen molar-refractivity contribution in [2.24, 2.45) is 0 Å². The standard InChI is InChI=1S/C22H22BrNO4/c1-26-20-5-3-4-16(22(20)27-2)8-13-21(25)24-14-18-11-12-19(28-18)15-6-9-17(23)10-7-15/h3-7,9-12H,8,13-14H2,1-2H3,(H,24,25). The summed E-state index contributed by atoms with van der Waals surface area (Å²) in [5, 5.41) is 2.90. The molecule has 0 saturated heterocycles. The van der Waals surface area contributed by atoms with Crippen LogP contribution >= 0.6 is 15.9 Å². The second-order valence-corrected chi connectivity index (χ2v) is 7.12. The number of benzene rings is 2. The summed E-state index contributed by atoms with van der Waals surface area (Å²) in [4.78, 5) is 12.2. The molecule has 28 heavy (non-hydrogen) atoms. The van der Waals surface area contributed by atoms with E-state index in [2.05, 4.69) is 21.2 Å². The van der Waals surface area contributed by atoms with Crippen LogP contribution in [0, 0.1) is 0 Å². The van der Waals surface area contributed by atoms with Crippen LogP contribution in [0.4, 0.5) is 0 Å². The molecule has 2 aromatic carbocycles. The SMILES string of the molecule is COc1cccc(CCC(=O)NCc2ccc(-c3ccc(Br)cc3)o2)c1OC. The van der Waals surface area contributed by atoms with Gasteiger partial charge in [0.2, 0.25) is 5.91 Å². The Hall–Kier alpha value is -2.73. The van der Waals surface area contributed by atoms with E-state index in [4.69, 9.17) is 13.9 Å². The van der Waals surface area contributed by atoms with E-state index >= 15 is 0 Å². The summed E-state index contributed by atoms with van der Waals surface area (Å²) in [5.74, 6) is 2.77. The fourth-order valence-electron chi connectivity index (χ4n) is 2.92. The number of ether oxygens (including phenoxy) is 2. The second-order valence-electron chi connectivity index (χ2n) is 6.20. The first kappa shape index (κ1) is 20.0. The van der Waals surface area contributed by atoms with Crippen molar-refractivity contribution < 1.29 is 18.7 Å². The first-order valence-corrected chi connectivity index (χ1v) is 9.71. The van der Waals surface area contributed by atoms with E-state index in [0.29, 0.717) is 36.6 Å². The van der Waals surface area contributed by atoms with Crippen molar-refractivity contribution in [3.8, 4) is 22.8 Å². The quantitative estimate of drug-likeness (QED) is 0.533. The highest BCUT2D eigenvalue weighted by Crippen LogP contribution is 2.31. The number of aryl methyl sites for hydroxylation is 1. The van der Waals surface area contributed by atoms with Crippen molar-refractivity contribution in [1.82, 2.24) is 5.32 Å². The number of hydrogen-bond acceptors (Lipinski definition) is 4. The summed E-state index contributed by atoms with van der Waals surface area (Å²) < 4.78 is 17.5. The average Bonchev–Trinajstić information content (AvgIpc) is 3.19. The number of halogens is 1. The van der Waals surface area contributed by atoms with Gasteiger partial charge in [0.15, 0.2) is 11.5 Å². The molecule has 0 bridgehead atoms. The first-order valence-electron chi connectivity index (χ1n) is 8.92. The van der Waals surface area contributed by atoms with E-state index in [1.807, 2.05) is 54.6 Å². The Bertz CT molecular complexity index is 934. The van der Waals surface area contributed by atoms with Gasteiger partial charge in [0.25, 0.3) is 0 Å². The molecule has 1 N–H and O–H groups in total. The zero-order chi connectivity index (χ0) is 19.9. The van der Waals surface area contributed by atoms with Gasteiger partial charge in [-0.3, -0.25) is 4.79 Å². The predicted molar refractivity (Wildman–Crippen MR) is 112 cm³/mol. The largest absolute Gasteiger partial charge is 0.493 e. The number of carbonyl (C=O) groups is 1. The molecule has 5 nitrogen and oxygen atoms in total. The smallest absolute Gasteiger partial charge is 0.220 e. The van der Waals surface area contributed by atoms with Crippen LogP contribution in [0.1, 0.15) is 17.7 Å². The molecule has 0 atom stereocenters. The molecule has 1 aromatic heterocycles. The molecule has 0 radical (unpaired) electrons. The lowest BCUT2D eigenvalue weighted by Gasteiger charge is -2.12. The maximum absolute atomic E-state index is 12.2. The number of furan rings is 1. The topological polar surface area (TPSA) is 60.7 Å². The predicted octanol–water partition coefficient (Wildman–Crippen LogP) is 4.98. The van der Waals surface area contributed by atoms with E-state index in [-0.39, 0.29) is 5.91 Å². The number of methoxy groups -OCH3 is 2. The third kappa shape index (κ3) is 4.95. The first-order chi connectivity index (χ1) is 13.6. The van der Waals surface area contributed by atoms with Crippen molar-refractivity contribution in [1.29, 1.82) is 0 Å². The van der Waals surface area contributed by atoms with Crippen LogP contribution in [-0.2, 0) is 17.8 Å². The van der Waals surface area contributed by atoms with Crippen molar-refractivity contribution in [2.45, 2.75) is 19.4 Å². The minimum atomic E-state index is -0.0496. The Morgan fingerprint density at radius 1 is 1.04 bits per heavy atom. The lowest BCUT2D eigenvalue weighted by atomic mass is 10.1. The Balaban J connectivity index is 1.53. The molecule has 0 spiro atoms. The highest BCUT2D eigenvalue weighted by Gasteiger charge is 2.12. The zero-order valence-electron chi connectivity index (χ0n) is 15.8. The van der Waals surface area contributed by atoms with Gasteiger partial charge in [0.1, 0.15) is 11.5 Å². The molecule has 146 valence electrons. The van der Waals surface area contributed by atoms with Crippen molar-refractivity contribution >= 4 is 21.8 Å². The Morgan fingerprint density at radius 2 is 1.82 bits per heavy atom. The van der Waals surface area contributed by atoms with Gasteiger partial charge in [-0.05, 0) is 42.3 Å². The molecule has 1 heterocycles. The molecular weight excluding hydrogens is 422 g/mol. The van der Waals surface area contributed by atoms with E-state index in [9.17, 15) is 4.79 Å². The van der Waals surface area contributed by atoms with Crippen LogP contribution in [0.15, 0.2) is 63.5 Å². The third-order valence-electron chi connectivity index (χ3n) is 4.36. The lowest BCUT2D eigenvalue weighted by molar-refractivity contribution is -0.121. The average molecular weight is 444 g/mol. The van der Waals surface area contributed by atoms with E-state index in [0.717, 1.165) is 21.4 Å². The van der Waals surface area contributed by atoms with Crippen LogP contribution in [0.3, 0.4) is 0 Å². The summed E-state index contributed by atoms with van der Waals surface area (Å²) in [7, 11) is 3.20. The maximum atomic E-state index is 12.2. The molecule has 0 fully saturated rings. The zero-order valence-corrected chi connectivity index (χ0v) is 17.4. The summed E-state index contributed by atoms with van der Waals surface area (Å²) >= 11 is 3.42. The molecule has 3 aromatic rings. The third-order valence-corrected chi connectivity index (χ3v) is 4.88. The summed E-state index contributed by atoms with van der Waals surface area (Å²) in [6.07, 6.45) is 0.915. The molecule has 0 saturated carbocycles. The number of hydrogen-bond donors (Lipinski definition) is 1. The van der Waals surface area contributed by atoms with Crippen LogP contribution in [0.2, 0.25) is 0 Å². The number of nitrogens with one attached hydrogen (secondary N) is 1. The molecule has 6 heteroatoms. The summed E-state index contributed by atoms with van der Waals surface area (Å²) in [6.45, 7) is 0.352. The van der Waals surface area contributed by atoms with Gasteiger partial charge in [0, 0.05) is 16.5 Å². The van der Waals surface area contributed by atoms with E-state index in [1.54, 1.807) is 14.2 Å². The van der Waals surface area contributed by atoms with Gasteiger partial charge in [0.05, 0.1) is 20.8 Å². The Kier molecular flexibility index (Phi) is 6.76. The van der Waals surface area contributed by atoms with Gasteiger partial charge in [-0.1, -0.05) is 40.2 Å². The Labute approximate surface area is 172 Å². The Morgan fingerprint density at radius 3 is 2.54 bits per heavy atom. The number of rotatable bonds is 8. The van der Waals surface area contributed by atoms with E-state index in [1.165, 1.54) is 0 Å². The van der Waals surface area contributed by atoms with Crippen LogP contribution in [0.5, 0.6) is 11.5 Å². The molecule has 0 unspecified atom stereocenters. The van der Waals surface area contributed by atoms with Crippen molar-refractivity contribution in [3.63, 3.8) is 0 Å². The van der Waals surface area contributed by atoms with Crippen LogP contribution in [0.25, 0.3) is 11.3 Å². The fourth-order valence-corrected chi connectivity index (χ4v) is 3.18. The molecule has 1 amide bonds. The van der Waals surface area contributed by atoms with Gasteiger partial charge in [-0.2, -0.15) is 0 Å². The fraction of sp³-hybridized carbons (Fsp3) is 0.227. The van der Waals surface area contributed by atoms with Crippen LogP contribution in [-0.4, -0.2) is 20.1 Å². The summed E-state index contributed by atoms with van der Waals surface area (Å²) in [6, 6.07) is 17.3. The number of carbonyl (C=O) groups excluding carboxylic acids is 1.